The van der Waals surface area contributed by atoms with Crippen LogP contribution in [0.4, 0.5) is 0 Å². The SMILES string of the molecule is [N-]=[N+]=N.c1ccc(-c2ccccc2)cc1. The summed E-state index contributed by atoms with van der Waals surface area (Å²) in [5.74, 6) is 0. The maximum Gasteiger partial charge on any atom is -0.00208 e. The zero-order valence-electron chi connectivity index (χ0n) is 8.17. The first kappa shape index (κ1) is 10.8. The molecule has 0 heterocycles. The summed E-state index contributed by atoms with van der Waals surface area (Å²) in [4.78, 5) is 1.75. The second kappa shape index (κ2) is 6.24. The third-order valence-electron chi connectivity index (χ3n) is 1.88. The van der Waals surface area contributed by atoms with Gasteiger partial charge in [-0.25, -0.2) is 0 Å². The van der Waals surface area contributed by atoms with E-state index in [2.05, 4.69) is 48.5 Å². The molecule has 0 amide bonds. The van der Waals surface area contributed by atoms with Gasteiger partial charge in [0.1, 0.15) is 0 Å². The van der Waals surface area contributed by atoms with Crippen molar-refractivity contribution in [2.45, 2.75) is 0 Å². The van der Waals surface area contributed by atoms with Crippen LogP contribution >= 0.6 is 0 Å². The molecule has 0 saturated heterocycles. The predicted octanol–water partition coefficient (Wildman–Crippen LogP) is 4.23. The van der Waals surface area contributed by atoms with Crippen molar-refractivity contribution >= 4 is 0 Å². The van der Waals surface area contributed by atoms with E-state index in [9.17, 15) is 0 Å². The predicted molar refractivity (Wildman–Crippen MR) is 61.3 cm³/mol. The van der Waals surface area contributed by atoms with E-state index >= 15 is 0 Å². The van der Waals surface area contributed by atoms with E-state index in [4.69, 9.17) is 11.1 Å². The van der Waals surface area contributed by atoms with Crippen molar-refractivity contribution in [2.75, 3.05) is 0 Å². The van der Waals surface area contributed by atoms with Crippen molar-refractivity contribution in [3.8, 4) is 11.1 Å². The van der Waals surface area contributed by atoms with E-state index in [-0.39, 0.29) is 0 Å². The molecule has 3 heteroatoms. The molecule has 0 aliphatic carbocycles. The normalized spacial score (nSPS) is 8.27. The van der Waals surface area contributed by atoms with Crippen molar-refractivity contribution in [1.29, 1.82) is 5.53 Å². The first-order valence-electron chi connectivity index (χ1n) is 4.49. The summed E-state index contributed by atoms with van der Waals surface area (Å²) in [7, 11) is 0. The standard InChI is InChI=1S/C12H10.HN3/c1-3-7-11(8-4-1)12-9-5-2-6-10-12;1-3-2/h1-10H;1H. The highest BCUT2D eigenvalue weighted by molar-refractivity contribution is 5.62. The number of benzene rings is 2. The number of nitrogens with one attached hydrogen (secondary N) is 1. The highest BCUT2D eigenvalue weighted by Crippen LogP contribution is 2.17. The molecule has 0 atom stereocenters. The fraction of sp³-hybridized carbons (Fsp3) is 0. The maximum absolute atomic E-state index is 6.86. The third kappa shape index (κ3) is 3.55. The third-order valence-corrected chi connectivity index (χ3v) is 1.88. The van der Waals surface area contributed by atoms with E-state index in [1.807, 2.05) is 12.1 Å². The van der Waals surface area contributed by atoms with E-state index in [1.165, 1.54) is 11.1 Å². The second-order valence-electron chi connectivity index (χ2n) is 2.83. The largest absolute Gasteiger partial charge is 0.108 e. The van der Waals surface area contributed by atoms with E-state index in [1.54, 1.807) is 4.91 Å². The Hall–Kier alpha value is -2.25. The van der Waals surface area contributed by atoms with E-state index < -0.39 is 0 Å². The number of rotatable bonds is 1. The molecule has 0 spiro atoms. The smallest absolute Gasteiger partial charge is 0.00208 e. The van der Waals surface area contributed by atoms with Crippen LogP contribution in [0.5, 0.6) is 0 Å². The molecule has 0 aromatic heterocycles. The van der Waals surface area contributed by atoms with Gasteiger partial charge in [-0.05, 0) is 21.6 Å². The van der Waals surface area contributed by atoms with Gasteiger partial charge >= 0.3 is 0 Å². The molecule has 0 bridgehead atoms. The number of hydrogen-bond donors (Lipinski definition) is 1. The minimum absolute atomic E-state index is 1.28. The minimum Gasteiger partial charge on any atom is -0.108 e. The van der Waals surface area contributed by atoms with Gasteiger partial charge in [-0.15, -0.1) is 5.53 Å². The van der Waals surface area contributed by atoms with Gasteiger partial charge < -0.3 is 0 Å². The summed E-state index contributed by atoms with van der Waals surface area (Å²) in [6.07, 6.45) is 0. The van der Waals surface area contributed by atoms with Crippen LogP contribution in [-0.2, 0) is 0 Å². The molecule has 2 aromatic carbocycles. The molecule has 0 aliphatic heterocycles. The van der Waals surface area contributed by atoms with Crippen LogP contribution in [0.2, 0.25) is 0 Å². The van der Waals surface area contributed by atoms with E-state index in [0.29, 0.717) is 0 Å². The van der Waals surface area contributed by atoms with Gasteiger partial charge in [0.25, 0.3) is 0 Å². The summed E-state index contributed by atoms with van der Waals surface area (Å²) < 4.78 is 0. The quantitative estimate of drug-likeness (QED) is 0.404. The fourth-order valence-electron chi connectivity index (χ4n) is 1.26. The van der Waals surface area contributed by atoms with Crippen LogP contribution in [0.25, 0.3) is 21.6 Å². The average molecular weight is 197 g/mol. The van der Waals surface area contributed by atoms with E-state index in [0.717, 1.165) is 0 Å². The van der Waals surface area contributed by atoms with Crippen LogP contribution < -0.4 is 0 Å². The van der Waals surface area contributed by atoms with Gasteiger partial charge in [0, 0.05) is 0 Å². The summed E-state index contributed by atoms with van der Waals surface area (Å²) in [6, 6.07) is 20.8. The molecule has 1 N–H and O–H groups in total. The van der Waals surface area contributed by atoms with Crippen molar-refractivity contribution in [2.24, 2.45) is 0 Å². The minimum atomic E-state index is 1.28. The summed E-state index contributed by atoms with van der Waals surface area (Å²) in [5, 5.41) is 0. The molecule has 0 aliphatic rings. The average Bonchev–Trinajstić information content (AvgIpc) is 2.32. The van der Waals surface area contributed by atoms with Crippen LogP contribution in [0, 0.1) is 5.53 Å². The lowest BCUT2D eigenvalue weighted by atomic mass is 10.1. The Kier molecular flexibility index (Phi) is 4.51. The molecule has 15 heavy (non-hydrogen) atoms. The van der Waals surface area contributed by atoms with Crippen molar-refractivity contribution in [1.82, 2.24) is 0 Å². The fourth-order valence-corrected chi connectivity index (χ4v) is 1.26. The van der Waals surface area contributed by atoms with Crippen LogP contribution in [0.3, 0.4) is 0 Å². The van der Waals surface area contributed by atoms with Gasteiger partial charge in [0.15, 0.2) is 0 Å². The Morgan fingerprint density at radius 1 is 0.733 bits per heavy atom. The first-order chi connectivity index (χ1) is 7.38. The van der Waals surface area contributed by atoms with Gasteiger partial charge in [0.2, 0.25) is 0 Å². The maximum atomic E-state index is 6.86. The Bertz CT molecular complexity index is 380. The Morgan fingerprint density at radius 2 is 1.00 bits per heavy atom. The molecule has 0 saturated carbocycles. The molecule has 2 aromatic rings. The van der Waals surface area contributed by atoms with Crippen molar-refractivity contribution in [3.05, 3.63) is 71.1 Å². The molecule has 0 unspecified atom stereocenters. The summed E-state index contributed by atoms with van der Waals surface area (Å²) >= 11 is 0. The van der Waals surface area contributed by atoms with Gasteiger partial charge in [-0.2, -0.15) is 0 Å². The topological polar surface area (TPSA) is 60.3 Å². The lowest BCUT2D eigenvalue weighted by Gasteiger charge is -1.98. The van der Waals surface area contributed by atoms with Crippen LogP contribution in [0.1, 0.15) is 0 Å². The van der Waals surface area contributed by atoms with Gasteiger partial charge in [-0.1, -0.05) is 60.7 Å². The Labute approximate surface area is 88.4 Å². The summed E-state index contributed by atoms with van der Waals surface area (Å²) in [6.45, 7) is 0. The molecular formula is C12H11N3. The van der Waals surface area contributed by atoms with Crippen LogP contribution in [-0.4, -0.2) is 0 Å². The zero-order valence-corrected chi connectivity index (χ0v) is 8.17. The lowest BCUT2D eigenvalue weighted by molar-refractivity contribution is 1.45. The van der Waals surface area contributed by atoms with Gasteiger partial charge in [0.05, 0.1) is 0 Å². The lowest BCUT2D eigenvalue weighted by Crippen LogP contribution is -1.73. The van der Waals surface area contributed by atoms with Crippen molar-refractivity contribution < 1.29 is 0 Å². The number of hydrogen-bond acceptors (Lipinski definition) is 1. The molecule has 3 nitrogen and oxygen atoms in total. The molecule has 0 radical (unpaired) electrons. The monoisotopic (exact) mass is 197 g/mol. The second-order valence-corrected chi connectivity index (χ2v) is 2.83. The summed E-state index contributed by atoms with van der Waals surface area (Å²) in [5.41, 5.74) is 14.8. The molecular weight excluding hydrogens is 186 g/mol. The van der Waals surface area contributed by atoms with Crippen molar-refractivity contribution in [3.63, 3.8) is 0 Å². The number of nitrogens with zero attached hydrogens (tertiary/aromatic N) is 2. The highest BCUT2D eigenvalue weighted by Gasteiger charge is 1.91. The highest BCUT2D eigenvalue weighted by atomic mass is 15.0. The van der Waals surface area contributed by atoms with Crippen LogP contribution in [0.15, 0.2) is 60.7 Å². The first-order valence-corrected chi connectivity index (χ1v) is 4.49. The zero-order chi connectivity index (χ0) is 10.9. The molecule has 74 valence electrons. The molecule has 2 rings (SSSR count). The Morgan fingerprint density at radius 3 is 1.27 bits per heavy atom. The van der Waals surface area contributed by atoms with Gasteiger partial charge in [-0.3, -0.25) is 0 Å². The molecule has 0 fully saturated rings. The Balaban J connectivity index is 0.000000337.